The summed E-state index contributed by atoms with van der Waals surface area (Å²) in [5.41, 5.74) is 6.23. The number of benzene rings is 2. The molecule has 6 heteroatoms. The third-order valence-electron chi connectivity index (χ3n) is 3.51. The van der Waals surface area contributed by atoms with Crippen molar-refractivity contribution in [3.63, 3.8) is 0 Å². The van der Waals surface area contributed by atoms with Gasteiger partial charge in [0, 0.05) is 22.0 Å². The molecule has 2 amide bonds. The summed E-state index contributed by atoms with van der Waals surface area (Å²) in [6.45, 7) is 5.62. The van der Waals surface area contributed by atoms with Gasteiger partial charge in [-0.1, -0.05) is 35.4 Å². The number of carbonyl (C=O) groups is 2. The highest BCUT2D eigenvalue weighted by atomic mass is 35.5. The van der Waals surface area contributed by atoms with Crippen LogP contribution in [0.5, 0.6) is 0 Å². The molecule has 0 fully saturated rings. The second kappa shape index (κ2) is 8.44. The minimum Gasteiger partial charge on any atom is -0.326 e. The smallest absolute Gasteiger partial charge is 0.271 e. The van der Waals surface area contributed by atoms with Crippen LogP contribution in [-0.4, -0.2) is 17.5 Å². The Morgan fingerprint density at radius 3 is 2.56 bits per heavy atom. The first-order valence-electron chi connectivity index (χ1n) is 7.81. The molecule has 0 radical (unpaired) electrons. The molecule has 0 saturated carbocycles. The summed E-state index contributed by atoms with van der Waals surface area (Å²) in [6, 6.07) is 12.4. The van der Waals surface area contributed by atoms with E-state index < -0.39 is 0 Å². The molecule has 0 saturated heterocycles. The first-order chi connectivity index (χ1) is 11.8. The predicted molar refractivity (Wildman–Crippen MR) is 101 cm³/mol. The van der Waals surface area contributed by atoms with Crippen molar-refractivity contribution in [3.05, 3.63) is 64.2 Å². The van der Waals surface area contributed by atoms with Gasteiger partial charge in [-0.15, -0.1) is 0 Å². The molecule has 130 valence electrons. The number of amides is 2. The minimum atomic E-state index is -0.378. The Balaban J connectivity index is 1.92. The van der Waals surface area contributed by atoms with Crippen LogP contribution in [-0.2, 0) is 4.79 Å². The van der Waals surface area contributed by atoms with E-state index in [0.717, 1.165) is 16.8 Å². The van der Waals surface area contributed by atoms with Crippen LogP contribution in [0.2, 0.25) is 5.02 Å². The molecule has 0 aromatic heterocycles. The fraction of sp³-hybridized carbons (Fsp3) is 0.211. The summed E-state index contributed by atoms with van der Waals surface area (Å²) < 4.78 is 0. The molecule has 2 N–H and O–H groups in total. The molecule has 0 aliphatic carbocycles. The van der Waals surface area contributed by atoms with Gasteiger partial charge in [0.05, 0.1) is 6.42 Å². The second-order valence-electron chi connectivity index (χ2n) is 5.84. The molecule has 0 unspecified atom stereocenters. The van der Waals surface area contributed by atoms with E-state index in [1.54, 1.807) is 31.2 Å². The number of halogens is 1. The van der Waals surface area contributed by atoms with E-state index in [1.165, 1.54) is 0 Å². The maximum Gasteiger partial charge on any atom is 0.271 e. The summed E-state index contributed by atoms with van der Waals surface area (Å²) in [4.78, 5) is 24.1. The van der Waals surface area contributed by atoms with Gasteiger partial charge in [0.2, 0.25) is 5.91 Å². The first kappa shape index (κ1) is 18.7. The number of rotatable bonds is 5. The van der Waals surface area contributed by atoms with Crippen LogP contribution in [0.3, 0.4) is 0 Å². The van der Waals surface area contributed by atoms with E-state index in [9.17, 15) is 9.59 Å². The monoisotopic (exact) mass is 357 g/mol. The molecular weight excluding hydrogens is 338 g/mol. The van der Waals surface area contributed by atoms with E-state index in [4.69, 9.17) is 11.6 Å². The van der Waals surface area contributed by atoms with Gasteiger partial charge in [-0.25, -0.2) is 5.43 Å². The molecule has 0 heterocycles. The molecule has 25 heavy (non-hydrogen) atoms. The zero-order chi connectivity index (χ0) is 18.4. The Bertz CT molecular complexity index is 831. The minimum absolute atomic E-state index is 0.0865. The molecule has 5 nitrogen and oxygen atoms in total. The lowest BCUT2D eigenvalue weighted by molar-refractivity contribution is -0.115. The molecule has 0 aliphatic rings. The lowest BCUT2D eigenvalue weighted by Crippen LogP contribution is -2.21. The third-order valence-corrected chi connectivity index (χ3v) is 3.74. The van der Waals surface area contributed by atoms with Gasteiger partial charge in [0.1, 0.15) is 0 Å². The van der Waals surface area contributed by atoms with E-state index in [-0.39, 0.29) is 18.2 Å². The van der Waals surface area contributed by atoms with E-state index in [2.05, 4.69) is 15.8 Å². The molecule has 0 aliphatic heterocycles. The second-order valence-corrected chi connectivity index (χ2v) is 6.28. The summed E-state index contributed by atoms with van der Waals surface area (Å²) in [5, 5.41) is 7.28. The predicted octanol–water partition coefficient (Wildman–Crippen LogP) is 4.09. The molecular formula is C19H20ClN3O2. The molecule has 0 atom stereocenters. The largest absolute Gasteiger partial charge is 0.326 e. The van der Waals surface area contributed by atoms with Crippen LogP contribution in [0.15, 0.2) is 47.6 Å². The number of hydrazone groups is 1. The quantitative estimate of drug-likeness (QED) is 0.625. The van der Waals surface area contributed by atoms with Crippen LogP contribution in [0, 0.1) is 13.8 Å². The molecule has 2 aromatic rings. The Hall–Kier alpha value is -2.66. The number of nitrogens with zero attached hydrogens (tertiary/aromatic N) is 1. The van der Waals surface area contributed by atoms with Crippen molar-refractivity contribution in [1.82, 2.24) is 5.43 Å². The van der Waals surface area contributed by atoms with Gasteiger partial charge < -0.3 is 5.32 Å². The van der Waals surface area contributed by atoms with Crippen LogP contribution >= 0.6 is 11.6 Å². The van der Waals surface area contributed by atoms with Crippen molar-refractivity contribution in [1.29, 1.82) is 0 Å². The Labute approximate surface area is 152 Å². The highest BCUT2D eigenvalue weighted by molar-refractivity contribution is 6.30. The molecule has 0 spiro atoms. The third kappa shape index (κ3) is 5.72. The topological polar surface area (TPSA) is 70.6 Å². The summed E-state index contributed by atoms with van der Waals surface area (Å²) in [6.07, 6.45) is 0.0865. The van der Waals surface area contributed by atoms with Crippen LogP contribution in [0.4, 0.5) is 5.69 Å². The lowest BCUT2D eigenvalue weighted by atomic mass is 10.1. The van der Waals surface area contributed by atoms with Crippen molar-refractivity contribution in [2.24, 2.45) is 5.10 Å². The highest BCUT2D eigenvalue weighted by Crippen LogP contribution is 2.16. The molecule has 0 bridgehead atoms. The van der Waals surface area contributed by atoms with Crippen molar-refractivity contribution < 1.29 is 9.59 Å². The number of hydrogen-bond acceptors (Lipinski definition) is 3. The van der Waals surface area contributed by atoms with Crippen molar-refractivity contribution in [2.45, 2.75) is 27.2 Å². The maximum atomic E-state index is 12.1. The SMILES string of the molecule is CC(CC(=O)Nc1ccc(C)cc1C)=NNC(=O)c1cccc(Cl)c1. The first-order valence-corrected chi connectivity index (χ1v) is 8.19. The zero-order valence-corrected chi connectivity index (χ0v) is 15.1. The van der Waals surface area contributed by atoms with Crippen LogP contribution in [0.25, 0.3) is 0 Å². The average Bonchev–Trinajstić information content (AvgIpc) is 2.55. The van der Waals surface area contributed by atoms with Gasteiger partial charge in [-0.3, -0.25) is 9.59 Å². The van der Waals surface area contributed by atoms with Gasteiger partial charge >= 0.3 is 0 Å². The molecule has 2 aromatic carbocycles. The molecule has 2 rings (SSSR count). The van der Waals surface area contributed by atoms with Crippen molar-refractivity contribution >= 4 is 34.8 Å². The van der Waals surface area contributed by atoms with Crippen LogP contribution < -0.4 is 10.7 Å². The maximum absolute atomic E-state index is 12.1. The highest BCUT2D eigenvalue weighted by Gasteiger charge is 2.08. The summed E-state index contributed by atoms with van der Waals surface area (Å²) >= 11 is 5.85. The normalized spacial score (nSPS) is 11.1. The van der Waals surface area contributed by atoms with Crippen LogP contribution in [0.1, 0.15) is 34.8 Å². The standard InChI is InChI=1S/C19H20ClN3O2/c1-12-7-8-17(13(2)9-12)21-18(24)10-14(3)22-23-19(25)15-5-4-6-16(20)11-15/h4-9,11H,10H2,1-3H3,(H,21,24)(H,23,25). The van der Waals surface area contributed by atoms with Crippen molar-refractivity contribution in [3.8, 4) is 0 Å². The number of anilines is 1. The van der Waals surface area contributed by atoms with E-state index in [1.807, 2.05) is 32.0 Å². The van der Waals surface area contributed by atoms with E-state index >= 15 is 0 Å². The van der Waals surface area contributed by atoms with Gasteiger partial charge in [0.15, 0.2) is 0 Å². The summed E-state index contributed by atoms with van der Waals surface area (Å²) in [5.74, 6) is -0.568. The average molecular weight is 358 g/mol. The number of carbonyl (C=O) groups excluding carboxylic acids is 2. The number of aryl methyl sites for hydroxylation is 2. The fourth-order valence-corrected chi connectivity index (χ4v) is 2.45. The van der Waals surface area contributed by atoms with Gasteiger partial charge in [-0.2, -0.15) is 5.10 Å². The van der Waals surface area contributed by atoms with Gasteiger partial charge in [0.25, 0.3) is 5.91 Å². The fourth-order valence-electron chi connectivity index (χ4n) is 2.26. The van der Waals surface area contributed by atoms with E-state index in [0.29, 0.717) is 16.3 Å². The van der Waals surface area contributed by atoms with Gasteiger partial charge in [-0.05, 0) is 50.6 Å². The Morgan fingerprint density at radius 1 is 1.12 bits per heavy atom. The summed E-state index contributed by atoms with van der Waals surface area (Å²) in [7, 11) is 0. The lowest BCUT2D eigenvalue weighted by Gasteiger charge is -2.09. The number of hydrogen-bond donors (Lipinski definition) is 2. The Kier molecular flexibility index (Phi) is 6.31. The Morgan fingerprint density at radius 2 is 1.88 bits per heavy atom. The van der Waals surface area contributed by atoms with Crippen molar-refractivity contribution in [2.75, 3.05) is 5.32 Å². The number of nitrogens with one attached hydrogen (secondary N) is 2. The zero-order valence-electron chi connectivity index (χ0n) is 14.4.